The molecule has 220 valence electrons. The Bertz CT molecular complexity index is 1510. The number of alkyl halides is 6. The molecule has 0 saturated carbocycles. The van der Waals surface area contributed by atoms with Crippen molar-refractivity contribution in [2.45, 2.75) is 12.4 Å². The fourth-order valence-electron chi connectivity index (χ4n) is 2.66. The van der Waals surface area contributed by atoms with Crippen LogP contribution in [0.5, 0.6) is 0 Å². The number of aromatic nitrogens is 4. The normalized spacial score (nSPS) is 10.9. The van der Waals surface area contributed by atoms with Crippen molar-refractivity contribution in [1.29, 1.82) is 0 Å². The molecule has 0 fully saturated rings. The van der Waals surface area contributed by atoms with E-state index in [0.29, 0.717) is 23.2 Å². The van der Waals surface area contributed by atoms with Crippen LogP contribution in [0.3, 0.4) is 0 Å². The third-order valence-corrected chi connectivity index (χ3v) is 5.15. The molecule has 0 saturated heterocycles. The fraction of sp³-hybridized carbons (Fsp3) is 0.0833. The highest BCUT2D eigenvalue weighted by Gasteiger charge is 2.33. The van der Waals surface area contributed by atoms with Gasteiger partial charge in [-0.2, -0.15) is 26.3 Å². The average Bonchev–Trinajstić information content (AvgIpc) is 2.94. The summed E-state index contributed by atoms with van der Waals surface area (Å²) in [4.78, 5) is 34.2. The zero-order valence-corrected chi connectivity index (χ0v) is 22.0. The maximum Gasteiger partial charge on any atom is 0.490 e. The monoisotopic (exact) mass is 664 g/mol. The quantitative estimate of drug-likeness (QED) is 0.139. The van der Waals surface area contributed by atoms with Crippen molar-refractivity contribution in [2.24, 2.45) is 0 Å². The first-order valence-electron chi connectivity index (χ1n) is 10.9. The molecule has 0 radical (unpaired) electrons. The minimum atomic E-state index is -4.53. The summed E-state index contributed by atoms with van der Waals surface area (Å²) in [6.45, 7) is 0. The predicted molar refractivity (Wildman–Crippen MR) is 134 cm³/mol. The van der Waals surface area contributed by atoms with E-state index >= 15 is 0 Å². The fourth-order valence-corrected chi connectivity index (χ4v) is 3.01. The Labute approximate surface area is 239 Å². The van der Waals surface area contributed by atoms with Crippen LogP contribution in [0.15, 0.2) is 65.8 Å². The lowest BCUT2D eigenvalue weighted by Crippen LogP contribution is -2.30. The number of carbonyl (C=O) groups excluding carboxylic acids is 2. The molecule has 0 spiro atoms. The molecule has 0 aliphatic rings. The summed E-state index contributed by atoms with van der Waals surface area (Å²) in [7, 11) is -1.80. The van der Waals surface area contributed by atoms with Crippen LogP contribution >= 0.6 is 15.9 Å². The number of aldehydes is 2. The lowest BCUT2D eigenvalue weighted by Gasteiger charge is -2.06. The van der Waals surface area contributed by atoms with Crippen LogP contribution in [0.2, 0.25) is 0 Å². The first-order valence-corrected chi connectivity index (χ1v) is 11.7. The van der Waals surface area contributed by atoms with Gasteiger partial charge in [-0.1, -0.05) is 6.07 Å². The van der Waals surface area contributed by atoms with Gasteiger partial charge < -0.3 is 10.0 Å². The van der Waals surface area contributed by atoms with E-state index in [0.717, 1.165) is 49.1 Å². The Morgan fingerprint density at radius 3 is 1.60 bits per heavy atom. The van der Waals surface area contributed by atoms with Gasteiger partial charge in [-0.3, -0.25) is 24.5 Å². The molecule has 0 unspecified atom stereocenters. The second kappa shape index (κ2) is 14.7. The summed E-state index contributed by atoms with van der Waals surface area (Å²) >= 11 is 3.00. The van der Waals surface area contributed by atoms with E-state index in [9.17, 15) is 44.7 Å². The summed E-state index contributed by atoms with van der Waals surface area (Å²) in [5.74, 6) is -1.39. The third-order valence-electron chi connectivity index (χ3n) is 4.72. The lowest BCUT2D eigenvalue weighted by molar-refractivity contribution is -0.141. The van der Waals surface area contributed by atoms with Gasteiger partial charge in [0.2, 0.25) is 0 Å². The highest BCUT2D eigenvalue weighted by molar-refractivity contribution is 9.10. The molecule has 4 heterocycles. The second-order valence-electron chi connectivity index (χ2n) is 7.63. The summed E-state index contributed by atoms with van der Waals surface area (Å²) in [6, 6.07) is 6.07. The van der Waals surface area contributed by atoms with Crippen molar-refractivity contribution in [3.05, 3.63) is 99.9 Å². The smallest absolute Gasteiger partial charge is 0.423 e. The number of pyridine rings is 4. The van der Waals surface area contributed by atoms with Crippen LogP contribution in [0.25, 0.3) is 11.3 Å². The van der Waals surface area contributed by atoms with Crippen LogP contribution in [0.4, 0.5) is 35.1 Å². The molecule has 0 aromatic carbocycles. The highest BCUT2D eigenvalue weighted by atomic mass is 79.9. The zero-order valence-electron chi connectivity index (χ0n) is 20.4. The average molecular weight is 665 g/mol. The first kappa shape index (κ1) is 34.0. The first-order chi connectivity index (χ1) is 19.6. The van der Waals surface area contributed by atoms with Crippen LogP contribution in [-0.4, -0.2) is 49.7 Å². The molecular formula is C24H14BBrF8N4O4. The number of hydrogen-bond donors (Lipinski definition) is 2. The minimum Gasteiger partial charge on any atom is -0.423 e. The number of hydrogen-bond acceptors (Lipinski definition) is 8. The molecule has 4 aromatic rings. The van der Waals surface area contributed by atoms with E-state index in [1.807, 2.05) is 0 Å². The van der Waals surface area contributed by atoms with E-state index in [2.05, 4.69) is 35.9 Å². The van der Waals surface area contributed by atoms with Gasteiger partial charge in [0.05, 0.1) is 29.2 Å². The van der Waals surface area contributed by atoms with Crippen LogP contribution in [-0.2, 0) is 12.4 Å². The zero-order chi connectivity index (χ0) is 31.7. The number of halogens is 9. The number of rotatable bonds is 4. The molecule has 0 aliphatic carbocycles. The third kappa shape index (κ3) is 10.0. The van der Waals surface area contributed by atoms with Gasteiger partial charge >= 0.3 is 19.5 Å². The standard InChI is InChI=1S/C12H6F4N2O.C6H5BF3NO2.C6H3BrFNO/c13-9-5-17-10(3-8(9)6-19)7-1-2-11(18-4-7)12(14,15)16;8-6(9,10)5-2-1-4(3-11-5)7(12)13;7-6-1-4(3-10)5(8)2-9-6/h1-6H;1-3,12-13H;1-3H. The summed E-state index contributed by atoms with van der Waals surface area (Å²) < 4.78 is 98.7. The maximum atomic E-state index is 13.0. The molecule has 8 nitrogen and oxygen atoms in total. The molecule has 0 bridgehead atoms. The summed E-state index contributed by atoms with van der Waals surface area (Å²) in [5.41, 5.74) is -1.94. The van der Waals surface area contributed by atoms with Gasteiger partial charge in [0.15, 0.2) is 24.2 Å². The van der Waals surface area contributed by atoms with Crippen LogP contribution < -0.4 is 5.46 Å². The molecule has 0 aliphatic heterocycles. The van der Waals surface area contributed by atoms with Crippen LogP contribution in [0, 0.1) is 11.6 Å². The van der Waals surface area contributed by atoms with E-state index in [-0.39, 0.29) is 27.8 Å². The van der Waals surface area contributed by atoms with Crippen molar-refractivity contribution >= 4 is 41.1 Å². The van der Waals surface area contributed by atoms with E-state index < -0.39 is 42.5 Å². The Morgan fingerprint density at radius 1 is 0.690 bits per heavy atom. The van der Waals surface area contributed by atoms with Crippen LogP contribution in [0.1, 0.15) is 32.1 Å². The predicted octanol–water partition coefficient (Wildman–Crippen LogP) is 4.69. The molecule has 42 heavy (non-hydrogen) atoms. The maximum absolute atomic E-state index is 13.0. The topological polar surface area (TPSA) is 126 Å². The van der Waals surface area contributed by atoms with Crippen molar-refractivity contribution in [1.82, 2.24) is 19.9 Å². The largest absolute Gasteiger partial charge is 0.490 e. The number of nitrogens with zero attached hydrogens (tertiary/aromatic N) is 4. The van der Waals surface area contributed by atoms with Gasteiger partial charge in [0, 0.05) is 23.4 Å². The van der Waals surface area contributed by atoms with Gasteiger partial charge in [-0.25, -0.2) is 13.8 Å². The SMILES string of the molecule is O=Cc1cc(-c2ccc(C(F)(F)F)nc2)ncc1F.O=Cc1cc(Br)ncc1F.OB(O)c1ccc(C(F)(F)F)nc1. The Morgan fingerprint density at radius 2 is 1.19 bits per heavy atom. The summed E-state index contributed by atoms with van der Waals surface area (Å²) in [5, 5.41) is 17.1. The second-order valence-corrected chi connectivity index (χ2v) is 8.45. The van der Waals surface area contributed by atoms with Gasteiger partial charge in [0.1, 0.15) is 16.0 Å². The van der Waals surface area contributed by atoms with Gasteiger partial charge in [-0.15, -0.1) is 0 Å². The molecule has 4 aromatic heterocycles. The minimum absolute atomic E-state index is 0.0156. The van der Waals surface area contributed by atoms with Crippen molar-refractivity contribution < 1.29 is 54.8 Å². The lowest BCUT2D eigenvalue weighted by atomic mass is 9.82. The molecule has 18 heteroatoms. The van der Waals surface area contributed by atoms with E-state index in [4.69, 9.17) is 10.0 Å². The van der Waals surface area contributed by atoms with Crippen molar-refractivity contribution in [3.8, 4) is 11.3 Å². The molecule has 2 N–H and O–H groups in total. The van der Waals surface area contributed by atoms with Gasteiger partial charge in [0.25, 0.3) is 0 Å². The molecule has 0 atom stereocenters. The number of carbonyl (C=O) groups is 2. The van der Waals surface area contributed by atoms with E-state index in [1.54, 1.807) is 0 Å². The van der Waals surface area contributed by atoms with E-state index in [1.165, 1.54) is 6.07 Å². The Hall–Kier alpha value is -4.16. The Kier molecular flexibility index (Phi) is 11.9. The summed E-state index contributed by atoms with van der Waals surface area (Å²) in [6.07, 6.45) is -4.71. The van der Waals surface area contributed by atoms with Crippen molar-refractivity contribution in [3.63, 3.8) is 0 Å². The van der Waals surface area contributed by atoms with Crippen molar-refractivity contribution in [2.75, 3.05) is 0 Å². The Balaban J connectivity index is 0.000000234. The molecule has 0 amide bonds. The molecular weight excluding hydrogens is 651 g/mol. The molecule has 4 rings (SSSR count). The highest BCUT2D eigenvalue weighted by Crippen LogP contribution is 2.29. The van der Waals surface area contributed by atoms with Gasteiger partial charge in [-0.05, 0) is 46.3 Å².